The van der Waals surface area contributed by atoms with Crippen LogP contribution in [0.3, 0.4) is 0 Å². The van der Waals surface area contributed by atoms with Crippen LogP contribution in [-0.2, 0) is 6.54 Å². The van der Waals surface area contributed by atoms with Gasteiger partial charge in [0.2, 0.25) is 0 Å². The number of aromatic nitrogens is 4. The highest BCUT2D eigenvalue weighted by atomic mass is 35.5. The van der Waals surface area contributed by atoms with E-state index in [4.69, 9.17) is 28.2 Å². The summed E-state index contributed by atoms with van der Waals surface area (Å²) in [6.07, 6.45) is 3.55. The van der Waals surface area contributed by atoms with Crippen LogP contribution < -0.4 is 5.69 Å². The molecule has 0 unspecified atom stereocenters. The van der Waals surface area contributed by atoms with Gasteiger partial charge in [-0.3, -0.25) is 4.57 Å². The van der Waals surface area contributed by atoms with Gasteiger partial charge in [-0.05, 0) is 30.3 Å². The average Bonchev–Trinajstić information content (AvgIpc) is 2.97. The van der Waals surface area contributed by atoms with Crippen LogP contribution in [0.25, 0.3) is 16.9 Å². The molecule has 0 radical (unpaired) electrons. The molecule has 25 heavy (non-hydrogen) atoms. The van der Waals surface area contributed by atoms with Gasteiger partial charge >= 0.3 is 5.69 Å². The van der Waals surface area contributed by atoms with Crippen molar-refractivity contribution in [2.24, 2.45) is 0 Å². The van der Waals surface area contributed by atoms with Gasteiger partial charge in [0, 0.05) is 23.0 Å². The van der Waals surface area contributed by atoms with Crippen LogP contribution in [0.5, 0.6) is 0 Å². The minimum absolute atomic E-state index is 0.178. The van der Waals surface area contributed by atoms with Crippen LogP contribution >= 0.6 is 23.2 Å². The molecule has 0 N–H and O–H groups in total. The Labute approximate surface area is 153 Å². The Morgan fingerprint density at radius 3 is 2.48 bits per heavy atom. The largest absolute Gasteiger partial charge is 0.349 e. The molecule has 124 valence electrons. The number of fused-ring (bicyclic) bond motifs is 1. The van der Waals surface area contributed by atoms with Crippen LogP contribution in [0.1, 0.15) is 5.69 Å². The van der Waals surface area contributed by atoms with Gasteiger partial charge in [-0.25, -0.2) is 9.78 Å². The van der Waals surface area contributed by atoms with Gasteiger partial charge in [-0.1, -0.05) is 41.4 Å². The monoisotopic (exact) mass is 370 g/mol. The normalized spacial score (nSPS) is 11.1. The second-order valence-corrected chi connectivity index (χ2v) is 6.33. The quantitative estimate of drug-likeness (QED) is 0.513. The Hall–Kier alpha value is -2.63. The fourth-order valence-corrected chi connectivity index (χ4v) is 2.98. The second kappa shape index (κ2) is 6.35. The summed E-state index contributed by atoms with van der Waals surface area (Å²) in [5, 5.41) is 0.838. The molecule has 3 heterocycles. The van der Waals surface area contributed by atoms with E-state index in [0.29, 0.717) is 11.6 Å². The van der Waals surface area contributed by atoms with Crippen LogP contribution in [0.15, 0.2) is 65.7 Å². The summed E-state index contributed by atoms with van der Waals surface area (Å²) in [7, 11) is 0. The van der Waals surface area contributed by atoms with Gasteiger partial charge in [-0.15, -0.1) is 0 Å². The molecular weight excluding hydrogens is 359 g/mol. The lowest BCUT2D eigenvalue weighted by Crippen LogP contribution is -2.23. The number of halogens is 2. The highest BCUT2D eigenvalue weighted by molar-refractivity contribution is 6.30. The first-order valence-electron chi connectivity index (χ1n) is 7.57. The van der Waals surface area contributed by atoms with E-state index in [-0.39, 0.29) is 5.15 Å². The van der Waals surface area contributed by atoms with E-state index in [9.17, 15) is 4.79 Å². The number of rotatable bonds is 3. The maximum absolute atomic E-state index is 12.1. The summed E-state index contributed by atoms with van der Waals surface area (Å²) < 4.78 is 3.47. The Kier molecular flexibility index (Phi) is 4.03. The average molecular weight is 371 g/mol. The molecule has 0 aliphatic rings. The van der Waals surface area contributed by atoms with Crippen molar-refractivity contribution in [3.63, 3.8) is 0 Å². The van der Waals surface area contributed by atoms with Crippen molar-refractivity contribution in [3.05, 3.63) is 87.3 Å². The summed E-state index contributed by atoms with van der Waals surface area (Å²) in [5.41, 5.74) is 3.00. The molecule has 7 heteroatoms. The topological polar surface area (TPSA) is 52.2 Å². The Morgan fingerprint density at radius 2 is 1.72 bits per heavy atom. The summed E-state index contributed by atoms with van der Waals surface area (Å²) in [4.78, 5) is 20.6. The lowest BCUT2D eigenvalue weighted by atomic mass is 10.1. The van der Waals surface area contributed by atoms with E-state index in [1.54, 1.807) is 12.3 Å². The molecule has 1 aromatic carbocycles. The molecule has 3 aromatic heterocycles. The zero-order valence-electron chi connectivity index (χ0n) is 12.9. The number of hydrogen-bond donors (Lipinski definition) is 0. The summed E-state index contributed by atoms with van der Waals surface area (Å²) in [5.74, 6) is 0. The fraction of sp³-hybridized carbons (Fsp3) is 0.0556. The molecule has 0 spiro atoms. The molecule has 0 saturated heterocycles. The first-order chi connectivity index (χ1) is 12.1. The zero-order chi connectivity index (χ0) is 17.4. The smallest absolute Gasteiger partial charge is 0.302 e. The number of benzene rings is 1. The van der Waals surface area contributed by atoms with E-state index < -0.39 is 5.69 Å². The maximum atomic E-state index is 12.1. The van der Waals surface area contributed by atoms with Crippen LogP contribution in [0, 0.1) is 0 Å². The zero-order valence-corrected chi connectivity index (χ0v) is 14.4. The van der Waals surface area contributed by atoms with E-state index >= 15 is 0 Å². The van der Waals surface area contributed by atoms with E-state index in [1.165, 1.54) is 4.57 Å². The lowest BCUT2D eigenvalue weighted by molar-refractivity contribution is 0.707. The van der Waals surface area contributed by atoms with Gasteiger partial charge in [-0.2, -0.15) is 4.98 Å². The molecule has 0 atom stereocenters. The number of pyridine rings is 1. The third-order valence-electron chi connectivity index (χ3n) is 3.91. The molecule has 0 saturated carbocycles. The summed E-state index contributed by atoms with van der Waals surface area (Å²) >= 11 is 11.8. The molecule has 4 aromatic rings. The van der Waals surface area contributed by atoms with Crippen molar-refractivity contribution in [1.82, 2.24) is 18.9 Å². The molecule has 0 aliphatic heterocycles. The van der Waals surface area contributed by atoms with Crippen molar-refractivity contribution >= 4 is 28.8 Å². The van der Waals surface area contributed by atoms with Crippen LogP contribution in [0.4, 0.5) is 0 Å². The minimum atomic E-state index is -0.402. The first kappa shape index (κ1) is 15.9. The molecule has 5 nitrogen and oxygen atoms in total. The van der Waals surface area contributed by atoms with Crippen molar-refractivity contribution in [1.29, 1.82) is 0 Å². The molecule has 0 aliphatic carbocycles. The molecular formula is C18H12Cl2N4O. The standard InChI is InChI=1S/C18H12Cl2N4O/c19-13-6-4-12(5-7-13)17-14(24-9-2-1-3-16(24)22-17)11-23-10-8-15(20)21-18(23)25/h1-10H,11H2. The van der Waals surface area contributed by atoms with Crippen LogP contribution in [0.2, 0.25) is 10.2 Å². The second-order valence-electron chi connectivity index (χ2n) is 5.50. The SMILES string of the molecule is O=c1nc(Cl)ccn1Cc1c(-c2ccc(Cl)cc2)nc2ccccn12. The first-order valence-corrected chi connectivity index (χ1v) is 8.32. The molecule has 0 amide bonds. The van der Waals surface area contributed by atoms with Gasteiger partial charge in [0.1, 0.15) is 10.8 Å². The highest BCUT2D eigenvalue weighted by Gasteiger charge is 2.15. The summed E-state index contributed by atoms with van der Waals surface area (Å²) in [6, 6.07) is 14.8. The van der Waals surface area contributed by atoms with E-state index in [1.807, 2.05) is 53.1 Å². The maximum Gasteiger partial charge on any atom is 0.349 e. The third-order valence-corrected chi connectivity index (χ3v) is 4.37. The highest BCUT2D eigenvalue weighted by Crippen LogP contribution is 2.26. The predicted octanol–water partition coefficient (Wildman–Crippen LogP) is 3.91. The van der Waals surface area contributed by atoms with Gasteiger partial charge in [0.25, 0.3) is 0 Å². The van der Waals surface area contributed by atoms with Crippen molar-refractivity contribution in [3.8, 4) is 11.3 Å². The number of imidazole rings is 1. The van der Waals surface area contributed by atoms with Gasteiger partial charge in [0.05, 0.1) is 17.9 Å². The van der Waals surface area contributed by atoms with Crippen LogP contribution in [-0.4, -0.2) is 18.9 Å². The molecule has 0 bridgehead atoms. The molecule has 0 fully saturated rings. The van der Waals surface area contributed by atoms with Gasteiger partial charge < -0.3 is 4.40 Å². The Bertz CT molecular complexity index is 1120. The Morgan fingerprint density at radius 1 is 0.920 bits per heavy atom. The molecule has 4 rings (SSSR count). The minimum Gasteiger partial charge on any atom is -0.302 e. The van der Waals surface area contributed by atoms with E-state index in [2.05, 4.69) is 4.98 Å². The van der Waals surface area contributed by atoms with Crippen molar-refractivity contribution < 1.29 is 0 Å². The van der Waals surface area contributed by atoms with Crippen molar-refractivity contribution in [2.45, 2.75) is 6.54 Å². The summed E-state index contributed by atoms with van der Waals surface area (Å²) in [6.45, 7) is 0.326. The van der Waals surface area contributed by atoms with Gasteiger partial charge in [0.15, 0.2) is 0 Å². The lowest BCUT2D eigenvalue weighted by Gasteiger charge is -2.08. The number of hydrogen-bond acceptors (Lipinski definition) is 3. The fourth-order valence-electron chi connectivity index (χ4n) is 2.73. The van der Waals surface area contributed by atoms with E-state index in [0.717, 1.165) is 22.6 Å². The Balaban J connectivity index is 1.90. The number of nitrogens with zero attached hydrogens (tertiary/aromatic N) is 4. The third kappa shape index (κ3) is 3.04. The van der Waals surface area contributed by atoms with Crippen molar-refractivity contribution in [2.75, 3.05) is 0 Å². The predicted molar refractivity (Wildman–Crippen MR) is 98.2 cm³/mol.